The molecule has 1 aromatic carbocycles. The molecule has 4 bridgehead atoms. The first-order chi connectivity index (χ1) is 37.0. The van der Waals surface area contributed by atoms with Crippen LogP contribution in [0.2, 0.25) is 0 Å². The Morgan fingerprint density at radius 2 is 1.53 bits per heavy atom. The van der Waals surface area contributed by atoms with Gasteiger partial charge in [0.25, 0.3) is 11.8 Å². The lowest BCUT2D eigenvalue weighted by Gasteiger charge is -2.69. The molecule has 8 N–H and O–H groups in total. The van der Waals surface area contributed by atoms with Crippen molar-refractivity contribution in [2.45, 2.75) is 122 Å². The average Bonchev–Trinajstić information content (AvgIpc) is 4.03. The standard InChI is InChI=1S/C54H68N6O18/c1-31-35(36-8-6-33(21-39(62)55-4)58-42(36)47(68)69)11-15-59(31)30-53-25-51(2)24-52(3,26-53)28-54(27-51,29-53)76-18-14-57-50(72)75-23-32-5-7-34(22-37(32)77-49-45(67)43(65)44(66)46(78-49)48(70)71)74-20-19-73-17-13-56-38(61)12-16-60-40(63)9-10-41(60)64/h5-11,15,22,43-46,49,65-67H,12-14,16-21,23-30H2,1-4H3,(H,55,62)(H,56,61)(H,57,72)(H,68,69)(H,70,71)/t43-,44-,45+,46-,49+,51?,52?,53?,54?/m0/s1. The molecule has 78 heavy (non-hydrogen) atoms. The second-order valence-corrected chi connectivity index (χ2v) is 21.9. The molecular weight excluding hydrogens is 1020 g/mol. The number of carboxylic acid groups (broad SMARTS) is 2. The van der Waals surface area contributed by atoms with Gasteiger partial charge in [0.05, 0.1) is 37.5 Å². The van der Waals surface area contributed by atoms with Crippen LogP contribution in [-0.4, -0.2) is 171 Å². The van der Waals surface area contributed by atoms with E-state index in [1.807, 2.05) is 19.2 Å². The fraction of sp³-hybridized carbons (Fsp3) is 0.556. The predicted molar refractivity (Wildman–Crippen MR) is 272 cm³/mol. The number of hydrogen-bond acceptors (Lipinski definition) is 17. The maximum absolute atomic E-state index is 13.2. The Morgan fingerprint density at radius 1 is 0.808 bits per heavy atom. The number of imide groups is 1. The topological polar surface area (TPSA) is 333 Å². The van der Waals surface area contributed by atoms with Crippen LogP contribution >= 0.6 is 0 Å². The van der Waals surface area contributed by atoms with Gasteiger partial charge in [-0.05, 0) is 86.0 Å². The number of aromatic carboxylic acids is 1. The summed E-state index contributed by atoms with van der Waals surface area (Å²) in [5, 5.41) is 59.1. The summed E-state index contributed by atoms with van der Waals surface area (Å²) in [4.78, 5) is 90.4. The molecular formula is C54H68N6O18. The van der Waals surface area contributed by atoms with Crippen molar-refractivity contribution >= 4 is 41.7 Å². The Kier molecular flexibility index (Phi) is 17.3. The molecule has 5 fully saturated rings. The van der Waals surface area contributed by atoms with Gasteiger partial charge < -0.3 is 74.5 Å². The maximum atomic E-state index is 13.2. The minimum atomic E-state index is -1.97. The normalized spacial score (nSPS) is 27.9. The lowest BCUT2D eigenvalue weighted by Crippen LogP contribution is -2.64. The summed E-state index contributed by atoms with van der Waals surface area (Å²) in [5.41, 5.74) is 2.03. The van der Waals surface area contributed by atoms with Crippen molar-refractivity contribution in [2.24, 2.45) is 16.2 Å². The Balaban J connectivity index is 0.852. The van der Waals surface area contributed by atoms with Crippen molar-refractivity contribution in [3.63, 3.8) is 0 Å². The minimum Gasteiger partial charge on any atom is -0.491 e. The molecule has 3 aromatic rings. The molecule has 2 aliphatic heterocycles. The van der Waals surface area contributed by atoms with Crippen LogP contribution in [0.15, 0.2) is 54.7 Å². The number of aliphatic hydroxyl groups excluding tert-OH is 3. The second-order valence-electron chi connectivity index (χ2n) is 21.9. The first kappa shape index (κ1) is 57.2. The molecule has 2 unspecified atom stereocenters. The van der Waals surface area contributed by atoms with Crippen molar-refractivity contribution < 1.29 is 87.5 Å². The number of alkyl carbamates (subject to hydrolysis) is 1. The number of nitrogens with one attached hydrogen (secondary N) is 3. The van der Waals surface area contributed by atoms with E-state index >= 15 is 0 Å². The number of pyridine rings is 1. The van der Waals surface area contributed by atoms with E-state index in [9.17, 15) is 59.1 Å². The third-order valence-electron chi connectivity index (χ3n) is 15.2. The zero-order chi connectivity index (χ0) is 56.2. The summed E-state index contributed by atoms with van der Waals surface area (Å²) in [6.07, 6.45) is -0.585. The van der Waals surface area contributed by atoms with Gasteiger partial charge in [-0.1, -0.05) is 19.9 Å². The van der Waals surface area contributed by atoms with Gasteiger partial charge in [0.1, 0.15) is 43.0 Å². The molecule has 422 valence electrons. The number of hydrogen-bond donors (Lipinski definition) is 8. The van der Waals surface area contributed by atoms with Crippen LogP contribution in [0.1, 0.15) is 86.2 Å². The van der Waals surface area contributed by atoms with Gasteiger partial charge in [0.15, 0.2) is 11.8 Å². The highest BCUT2D eigenvalue weighted by atomic mass is 16.7. The van der Waals surface area contributed by atoms with Crippen LogP contribution in [0, 0.1) is 23.2 Å². The molecule has 0 spiro atoms. The summed E-state index contributed by atoms with van der Waals surface area (Å²) < 4.78 is 37.2. The van der Waals surface area contributed by atoms with Crippen molar-refractivity contribution in [1.82, 2.24) is 30.4 Å². The SMILES string of the molecule is CNC(=O)Cc1ccc(-c2ccn(CC34CC5(C)CC(C)(C3)CC(OCCNC(=O)OCc3ccc(OCCOCCNC(=O)CCN6C(=O)C=CC6=O)cc3O[C@@H]3O[C@H](C(=O)O)[C@@H](O)[C@H](O)[C@H]3O)(C5)C4)c2C)c(C(=O)O)n1. The van der Waals surface area contributed by atoms with Gasteiger partial charge in [0, 0.05) is 86.4 Å². The van der Waals surface area contributed by atoms with Crippen LogP contribution in [0.5, 0.6) is 11.5 Å². The summed E-state index contributed by atoms with van der Waals surface area (Å²) in [6, 6.07) is 9.73. The highest BCUT2D eigenvalue weighted by Gasteiger charge is 2.66. The lowest BCUT2D eigenvalue weighted by molar-refractivity contribution is -0.271. The fourth-order valence-electron chi connectivity index (χ4n) is 13.0. The molecule has 7 atom stereocenters. The van der Waals surface area contributed by atoms with E-state index < -0.39 is 66.2 Å². The molecule has 4 aliphatic carbocycles. The molecule has 6 aliphatic rings. The van der Waals surface area contributed by atoms with Gasteiger partial charge in [-0.3, -0.25) is 24.1 Å². The zero-order valence-corrected chi connectivity index (χ0v) is 44.0. The second kappa shape index (κ2) is 23.6. The zero-order valence-electron chi connectivity index (χ0n) is 44.0. The molecule has 9 rings (SSSR count). The Labute approximate surface area is 449 Å². The quantitative estimate of drug-likeness (QED) is 0.0444. The number of aliphatic carboxylic acids is 1. The van der Waals surface area contributed by atoms with Gasteiger partial charge in [-0.25, -0.2) is 19.4 Å². The highest BCUT2D eigenvalue weighted by Crippen LogP contribution is 2.72. The first-order valence-electron chi connectivity index (χ1n) is 25.9. The lowest BCUT2D eigenvalue weighted by atomic mass is 9.39. The summed E-state index contributed by atoms with van der Waals surface area (Å²) in [7, 11) is 1.51. The number of amides is 5. The van der Waals surface area contributed by atoms with Crippen molar-refractivity contribution in [3.8, 4) is 22.6 Å². The monoisotopic (exact) mass is 1090 g/mol. The Bertz CT molecular complexity index is 2780. The van der Waals surface area contributed by atoms with E-state index in [0.29, 0.717) is 17.8 Å². The number of aromatic nitrogens is 2. The van der Waals surface area contributed by atoms with E-state index in [1.54, 1.807) is 12.1 Å². The molecule has 4 heterocycles. The van der Waals surface area contributed by atoms with Gasteiger partial charge >= 0.3 is 18.0 Å². The Hall–Kier alpha value is -6.96. The van der Waals surface area contributed by atoms with E-state index in [1.165, 1.54) is 25.2 Å². The molecule has 2 aromatic heterocycles. The van der Waals surface area contributed by atoms with Crippen molar-refractivity contribution in [1.29, 1.82) is 0 Å². The molecule has 1 saturated heterocycles. The van der Waals surface area contributed by atoms with Crippen molar-refractivity contribution in [2.75, 3.05) is 53.1 Å². The number of benzene rings is 1. The number of carbonyl (C=O) groups is 7. The van der Waals surface area contributed by atoms with Crippen LogP contribution in [0.3, 0.4) is 0 Å². The maximum Gasteiger partial charge on any atom is 0.407 e. The number of rotatable bonds is 25. The molecule has 24 heteroatoms. The first-order valence-corrected chi connectivity index (χ1v) is 25.9. The van der Waals surface area contributed by atoms with E-state index in [-0.39, 0.29) is 116 Å². The molecule has 0 radical (unpaired) electrons. The largest absolute Gasteiger partial charge is 0.491 e. The van der Waals surface area contributed by atoms with E-state index in [0.717, 1.165) is 66.8 Å². The summed E-state index contributed by atoms with van der Waals surface area (Å²) >= 11 is 0. The number of likely N-dealkylation sites (N-methyl/N-ethyl adjacent to an activating group) is 1. The number of carbonyl (C=O) groups excluding carboxylic acids is 5. The third-order valence-corrected chi connectivity index (χ3v) is 15.2. The smallest absolute Gasteiger partial charge is 0.407 e. The average molecular weight is 1090 g/mol. The third kappa shape index (κ3) is 13.1. The van der Waals surface area contributed by atoms with E-state index in [4.69, 9.17) is 28.4 Å². The van der Waals surface area contributed by atoms with Gasteiger partial charge in [0.2, 0.25) is 18.1 Å². The number of aliphatic hydroxyl groups is 3. The Morgan fingerprint density at radius 3 is 2.22 bits per heavy atom. The van der Waals surface area contributed by atoms with Gasteiger partial charge in [-0.2, -0.15) is 0 Å². The van der Waals surface area contributed by atoms with Gasteiger partial charge in [-0.15, -0.1) is 0 Å². The van der Waals surface area contributed by atoms with Crippen LogP contribution in [0.25, 0.3) is 11.1 Å². The number of carboxylic acids is 2. The molecule has 5 amide bonds. The van der Waals surface area contributed by atoms with Crippen LogP contribution in [-0.2, 0) is 62.5 Å². The summed E-state index contributed by atoms with van der Waals surface area (Å²) in [6.45, 7) is 7.56. The van der Waals surface area contributed by atoms with Crippen LogP contribution in [0.4, 0.5) is 4.79 Å². The fourth-order valence-corrected chi connectivity index (χ4v) is 13.0. The molecule has 24 nitrogen and oxygen atoms in total. The minimum absolute atomic E-state index is 0.00276. The highest BCUT2D eigenvalue weighted by molar-refractivity contribution is 6.13. The molecule has 4 saturated carbocycles. The summed E-state index contributed by atoms with van der Waals surface area (Å²) in [5.74, 6) is -4.26. The van der Waals surface area contributed by atoms with Crippen molar-refractivity contribution in [3.05, 3.63) is 77.4 Å². The van der Waals surface area contributed by atoms with E-state index in [2.05, 4.69) is 39.3 Å². The van der Waals surface area contributed by atoms with Crippen LogP contribution < -0.4 is 25.4 Å². The number of nitrogens with zero attached hydrogens (tertiary/aromatic N) is 3. The number of ether oxygens (including phenoxy) is 6. The predicted octanol–water partition coefficient (Wildman–Crippen LogP) is 2.01.